The summed E-state index contributed by atoms with van der Waals surface area (Å²) in [5.41, 5.74) is 0. The van der Waals surface area contributed by atoms with Crippen LogP contribution in [-0.4, -0.2) is 36.4 Å². The molecule has 0 aliphatic carbocycles. The summed E-state index contributed by atoms with van der Waals surface area (Å²) in [6.45, 7) is 4.13. The first-order chi connectivity index (χ1) is 19.6. The summed E-state index contributed by atoms with van der Waals surface area (Å²) in [5, 5.41) is 9.49. The van der Waals surface area contributed by atoms with Crippen LogP contribution in [0.15, 0.2) is 0 Å². The third kappa shape index (κ3) is 29.9. The number of esters is 2. The number of aliphatic hydroxyl groups is 1. The maximum absolute atomic E-state index is 12.1. The first-order valence-electron chi connectivity index (χ1n) is 17.6. The molecule has 0 saturated carbocycles. The molecule has 0 heterocycles. The van der Waals surface area contributed by atoms with E-state index in [2.05, 4.69) is 13.8 Å². The van der Waals surface area contributed by atoms with Crippen molar-refractivity contribution in [3.05, 3.63) is 0 Å². The largest absolute Gasteiger partial charge is 0.462 e. The fraction of sp³-hybridized carbons (Fsp3) is 0.943. The molecule has 238 valence electrons. The van der Waals surface area contributed by atoms with Crippen molar-refractivity contribution in [3.63, 3.8) is 0 Å². The van der Waals surface area contributed by atoms with E-state index in [1.54, 1.807) is 0 Å². The minimum absolute atomic E-state index is 0.0576. The fourth-order valence-electron chi connectivity index (χ4n) is 5.20. The van der Waals surface area contributed by atoms with Crippen LogP contribution < -0.4 is 0 Å². The van der Waals surface area contributed by atoms with Crippen LogP contribution in [0.25, 0.3) is 0 Å². The smallest absolute Gasteiger partial charge is 0.306 e. The number of hydrogen-bond acceptors (Lipinski definition) is 5. The van der Waals surface area contributed by atoms with Crippen LogP contribution in [0, 0.1) is 0 Å². The zero-order chi connectivity index (χ0) is 29.4. The fourth-order valence-corrected chi connectivity index (χ4v) is 5.20. The van der Waals surface area contributed by atoms with E-state index >= 15 is 0 Å². The number of ether oxygens (including phenoxy) is 2. The zero-order valence-electron chi connectivity index (χ0n) is 26.9. The Bertz CT molecular complexity index is 536. The third-order valence-electron chi connectivity index (χ3n) is 7.90. The monoisotopic (exact) mass is 569 g/mol. The van der Waals surface area contributed by atoms with E-state index in [-0.39, 0.29) is 25.2 Å². The van der Waals surface area contributed by atoms with Crippen molar-refractivity contribution in [2.75, 3.05) is 13.2 Å². The Balaban J connectivity index is 3.50. The van der Waals surface area contributed by atoms with Crippen molar-refractivity contribution in [1.82, 2.24) is 0 Å². The lowest BCUT2D eigenvalue weighted by Gasteiger charge is -2.15. The van der Waals surface area contributed by atoms with E-state index in [1.165, 1.54) is 135 Å². The van der Waals surface area contributed by atoms with Crippen LogP contribution in [0.2, 0.25) is 0 Å². The Morgan fingerprint density at radius 3 is 1.10 bits per heavy atom. The molecular weight excluding hydrogens is 500 g/mol. The van der Waals surface area contributed by atoms with Gasteiger partial charge in [-0.05, 0) is 12.8 Å². The highest BCUT2D eigenvalue weighted by atomic mass is 16.6. The number of hydrogen-bond donors (Lipinski definition) is 1. The molecule has 1 atom stereocenters. The highest BCUT2D eigenvalue weighted by Crippen LogP contribution is 2.15. The minimum atomic E-state index is -0.759. The van der Waals surface area contributed by atoms with E-state index in [9.17, 15) is 14.7 Å². The van der Waals surface area contributed by atoms with Crippen molar-refractivity contribution in [1.29, 1.82) is 0 Å². The summed E-state index contributed by atoms with van der Waals surface area (Å²) in [6.07, 6.45) is 33.0. The molecule has 0 saturated heterocycles. The molecule has 0 aliphatic heterocycles. The molecule has 0 aromatic carbocycles. The number of carbonyl (C=O) groups excluding carboxylic acids is 2. The van der Waals surface area contributed by atoms with Gasteiger partial charge in [-0.1, -0.05) is 168 Å². The predicted molar refractivity (Wildman–Crippen MR) is 169 cm³/mol. The van der Waals surface area contributed by atoms with Gasteiger partial charge in [-0.2, -0.15) is 0 Å². The number of unbranched alkanes of at least 4 members (excludes halogenated alkanes) is 24. The normalized spacial score (nSPS) is 12.0. The van der Waals surface area contributed by atoms with Gasteiger partial charge in [-0.3, -0.25) is 9.59 Å². The molecule has 0 rings (SSSR count). The van der Waals surface area contributed by atoms with Gasteiger partial charge in [0.05, 0.1) is 6.61 Å². The topological polar surface area (TPSA) is 72.8 Å². The second-order valence-electron chi connectivity index (χ2n) is 12.0. The lowest BCUT2D eigenvalue weighted by Crippen LogP contribution is -2.28. The molecular formula is C35H68O5. The maximum Gasteiger partial charge on any atom is 0.306 e. The SMILES string of the molecule is CCCCCCCCCCCCCCCCCCC(=O)OC[C@H](CO)OC(=O)CCCCCCCCCCCC. The highest BCUT2D eigenvalue weighted by Gasteiger charge is 2.16. The molecule has 0 radical (unpaired) electrons. The molecule has 5 heteroatoms. The molecule has 0 aromatic heterocycles. The van der Waals surface area contributed by atoms with Crippen LogP contribution in [0.4, 0.5) is 0 Å². The van der Waals surface area contributed by atoms with Crippen LogP contribution in [0.5, 0.6) is 0 Å². The van der Waals surface area contributed by atoms with Gasteiger partial charge in [0.25, 0.3) is 0 Å². The summed E-state index contributed by atoms with van der Waals surface area (Å²) >= 11 is 0. The van der Waals surface area contributed by atoms with Crippen LogP contribution in [-0.2, 0) is 19.1 Å². The summed E-state index contributed by atoms with van der Waals surface area (Å²) in [5.74, 6) is -0.581. The molecule has 0 fully saturated rings. The van der Waals surface area contributed by atoms with Gasteiger partial charge in [0.2, 0.25) is 0 Å². The average molecular weight is 569 g/mol. The van der Waals surface area contributed by atoms with Gasteiger partial charge >= 0.3 is 11.9 Å². The molecule has 0 aromatic rings. The number of rotatable bonds is 32. The van der Waals surface area contributed by atoms with Crippen molar-refractivity contribution in [2.24, 2.45) is 0 Å². The summed E-state index contributed by atoms with van der Waals surface area (Å²) in [7, 11) is 0. The van der Waals surface area contributed by atoms with Gasteiger partial charge in [0.1, 0.15) is 6.61 Å². The highest BCUT2D eigenvalue weighted by molar-refractivity contribution is 5.70. The molecule has 0 spiro atoms. The summed E-state index contributed by atoms with van der Waals surface area (Å²) < 4.78 is 10.6. The third-order valence-corrected chi connectivity index (χ3v) is 7.90. The van der Waals surface area contributed by atoms with Gasteiger partial charge < -0.3 is 14.6 Å². The quantitative estimate of drug-likeness (QED) is 0.0645. The lowest BCUT2D eigenvalue weighted by atomic mass is 10.0. The van der Waals surface area contributed by atoms with Gasteiger partial charge in [0, 0.05) is 12.8 Å². The van der Waals surface area contributed by atoms with E-state index in [0.717, 1.165) is 32.1 Å². The Morgan fingerprint density at radius 1 is 0.475 bits per heavy atom. The molecule has 5 nitrogen and oxygen atoms in total. The molecule has 0 bridgehead atoms. The van der Waals surface area contributed by atoms with Gasteiger partial charge in [-0.15, -0.1) is 0 Å². The van der Waals surface area contributed by atoms with Crippen LogP contribution in [0.3, 0.4) is 0 Å². The second-order valence-corrected chi connectivity index (χ2v) is 12.0. The Kier molecular flexibility index (Phi) is 31.5. The van der Waals surface area contributed by atoms with Crippen molar-refractivity contribution in [2.45, 2.75) is 200 Å². The standard InChI is InChI=1S/C35H68O5/c1-3-5-7-9-11-13-15-16-17-18-19-20-22-23-25-27-29-34(37)39-32-33(31-36)40-35(38)30-28-26-24-21-14-12-10-8-6-4-2/h33,36H,3-32H2,1-2H3/t33-/m0/s1. The number of aliphatic hydroxyl groups excluding tert-OH is 1. The van der Waals surface area contributed by atoms with E-state index < -0.39 is 6.10 Å². The van der Waals surface area contributed by atoms with Crippen LogP contribution >= 0.6 is 0 Å². The molecule has 0 unspecified atom stereocenters. The van der Waals surface area contributed by atoms with E-state index in [0.29, 0.717) is 12.8 Å². The first kappa shape index (κ1) is 38.9. The molecule has 0 amide bonds. The minimum Gasteiger partial charge on any atom is -0.462 e. The maximum atomic E-state index is 12.1. The summed E-state index contributed by atoms with van der Waals surface area (Å²) in [6, 6.07) is 0. The number of carbonyl (C=O) groups is 2. The second kappa shape index (κ2) is 32.4. The van der Waals surface area contributed by atoms with Crippen molar-refractivity contribution < 1.29 is 24.2 Å². The Hall–Kier alpha value is -1.10. The predicted octanol–water partition coefficient (Wildman–Crippen LogP) is 10.4. The Morgan fingerprint density at radius 2 is 0.775 bits per heavy atom. The Labute approximate surface area is 248 Å². The molecule has 40 heavy (non-hydrogen) atoms. The molecule has 1 N–H and O–H groups in total. The first-order valence-corrected chi connectivity index (χ1v) is 17.6. The van der Waals surface area contributed by atoms with Gasteiger partial charge in [0.15, 0.2) is 6.10 Å². The zero-order valence-corrected chi connectivity index (χ0v) is 26.9. The van der Waals surface area contributed by atoms with Crippen LogP contribution in [0.1, 0.15) is 194 Å². The average Bonchev–Trinajstić information content (AvgIpc) is 2.96. The summed E-state index contributed by atoms with van der Waals surface area (Å²) in [4.78, 5) is 24.1. The van der Waals surface area contributed by atoms with E-state index in [1.807, 2.05) is 0 Å². The van der Waals surface area contributed by atoms with E-state index in [4.69, 9.17) is 9.47 Å². The van der Waals surface area contributed by atoms with Gasteiger partial charge in [-0.25, -0.2) is 0 Å². The lowest BCUT2D eigenvalue weighted by molar-refractivity contribution is -0.161. The molecule has 0 aliphatic rings. The van der Waals surface area contributed by atoms with Crippen molar-refractivity contribution in [3.8, 4) is 0 Å². The van der Waals surface area contributed by atoms with Crippen molar-refractivity contribution >= 4 is 11.9 Å².